The van der Waals surface area contributed by atoms with Crippen molar-refractivity contribution in [1.29, 1.82) is 0 Å². The van der Waals surface area contributed by atoms with Gasteiger partial charge in [-0.1, -0.05) is 25.5 Å². The molecule has 12 heteroatoms. The number of nitrogens with one attached hydrogen (secondary N) is 1. The highest BCUT2D eigenvalue weighted by Crippen LogP contribution is 2.38. The monoisotopic (exact) mass is 532 g/mol. The van der Waals surface area contributed by atoms with Crippen molar-refractivity contribution >= 4 is 28.9 Å². The summed E-state index contributed by atoms with van der Waals surface area (Å²) < 4.78 is 89.6. The number of amides is 1. The van der Waals surface area contributed by atoms with Gasteiger partial charge in [0.1, 0.15) is 12.4 Å². The van der Waals surface area contributed by atoms with E-state index < -0.39 is 35.6 Å². The first-order chi connectivity index (χ1) is 16.9. The third-order valence-electron chi connectivity index (χ3n) is 5.07. The highest BCUT2D eigenvalue weighted by molar-refractivity contribution is 8.18. The standard InChI is InChI=1S/C24H22F6N2O3S/c1-3-4-9-31-21-20(36-22(33)32-21)11-14-5-8-18(19(10-14)34-2)35-13-15-6-7-16(23(25,26)27)12-17(15)24(28,29)30/h5-8,10-12H,3-4,9,13H2,1-2H3,(H,31,32,33)/b20-11-. The summed E-state index contributed by atoms with van der Waals surface area (Å²) in [6.07, 6.45) is -6.33. The fourth-order valence-electron chi connectivity index (χ4n) is 3.26. The summed E-state index contributed by atoms with van der Waals surface area (Å²) >= 11 is 0.956. The van der Waals surface area contributed by atoms with Crippen LogP contribution in [0.5, 0.6) is 11.5 Å². The van der Waals surface area contributed by atoms with Gasteiger partial charge in [-0.15, -0.1) is 0 Å². The number of halogens is 6. The van der Waals surface area contributed by atoms with Gasteiger partial charge < -0.3 is 14.8 Å². The van der Waals surface area contributed by atoms with Crippen LogP contribution in [0.3, 0.4) is 0 Å². The summed E-state index contributed by atoms with van der Waals surface area (Å²) in [6.45, 7) is 2.05. The van der Waals surface area contributed by atoms with Crippen molar-refractivity contribution in [3.05, 3.63) is 63.6 Å². The number of carbonyl (C=O) groups excluding carboxylic acids is 1. The number of hydrogen-bond donors (Lipinski definition) is 1. The molecule has 1 aliphatic heterocycles. The third-order valence-corrected chi connectivity index (χ3v) is 5.86. The van der Waals surface area contributed by atoms with E-state index in [-0.39, 0.29) is 22.8 Å². The average molecular weight is 533 g/mol. The SMILES string of the molecule is CCCCNC1=NC(=O)S/C1=C\c1ccc(OCc2ccc(C(F)(F)F)cc2C(F)(F)F)c(OC)c1. The van der Waals surface area contributed by atoms with Gasteiger partial charge in [0.15, 0.2) is 11.5 Å². The van der Waals surface area contributed by atoms with Crippen molar-refractivity contribution in [2.45, 2.75) is 38.7 Å². The lowest BCUT2D eigenvalue weighted by Crippen LogP contribution is -2.23. The van der Waals surface area contributed by atoms with Gasteiger partial charge in [0.25, 0.3) is 0 Å². The van der Waals surface area contributed by atoms with Gasteiger partial charge in [0, 0.05) is 12.1 Å². The number of ether oxygens (including phenoxy) is 2. The van der Waals surface area contributed by atoms with Crippen molar-refractivity contribution < 1.29 is 40.6 Å². The summed E-state index contributed by atoms with van der Waals surface area (Å²) in [5, 5.41) is 2.76. The van der Waals surface area contributed by atoms with E-state index in [1.807, 2.05) is 6.92 Å². The maximum Gasteiger partial charge on any atom is 0.416 e. The molecule has 3 rings (SSSR count). The zero-order valence-electron chi connectivity index (χ0n) is 19.2. The predicted octanol–water partition coefficient (Wildman–Crippen LogP) is 7.31. The minimum absolute atomic E-state index is 0.0689. The Morgan fingerprint density at radius 2 is 1.78 bits per heavy atom. The lowest BCUT2D eigenvalue weighted by Gasteiger charge is -2.17. The molecule has 0 unspecified atom stereocenters. The number of carbonyl (C=O) groups is 1. The van der Waals surface area contributed by atoms with E-state index in [1.54, 1.807) is 18.2 Å². The number of thioether (sulfide) groups is 1. The second-order valence-electron chi connectivity index (χ2n) is 7.68. The molecule has 0 saturated heterocycles. The molecule has 194 valence electrons. The Kier molecular flexibility index (Phi) is 8.59. The molecule has 0 spiro atoms. The van der Waals surface area contributed by atoms with E-state index in [9.17, 15) is 31.1 Å². The van der Waals surface area contributed by atoms with E-state index in [1.165, 1.54) is 13.2 Å². The number of aliphatic imine (C=N–C) groups is 1. The molecule has 0 radical (unpaired) electrons. The Balaban J connectivity index is 1.81. The van der Waals surface area contributed by atoms with E-state index in [0.29, 0.717) is 28.9 Å². The number of rotatable bonds is 8. The fraction of sp³-hybridized carbons (Fsp3) is 0.333. The lowest BCUT2D eigenvalue weighted by atomic mass is 10.0. The number of hydrogen-bond acceptors (Lipinski definition) is 5. The van der Waals surface area contributed by atoms with Crippen LogP contribution in [-0.4, -0.2) is 24.7 Å². The molecular formula is C24H22F6N2O3S. The predicted molar refractivity (Wildman–Crippen MR) is 125 cm³/mol. The van der Waals surface area contributed by atoms with Crippen LogP contribution in [0, 0.1) is 0 Å². The normalized spacial score (nSPS) is 15.3. The van der Waals surface area contributed by atoms with Crippen LogP contribution in [0.25, 0.3) is 6.08 Å². The molecule has 1 aliphatic rings. The average Bonchev–Trinajstić information content (AvgIpc) is 3.15. The van der Waals surface area contributed by atoms with Gasteiger partial charge in [0.05, 0.1) is 23.1 Å². The molecule has 2 aromatic rings. The molecule has 0 aromatic heterocycles. The van der Waals surface area contributed by atoms with Crippen LogP contribution in [0.2, 0.25) is 0 Å². The van der Waals surface area contributed by atoms with Gasteiger partial charge in [-0.05, 0) is 54.1 Å². The number of unbranched alkanes of at least 4 members (excludes halogenated alkanes) is 1. The number of methoxy groups -OCH3 is 1. The van der Waals surface area contributed by atoms with Gasteiger partial charge >= 0.3 is 17.6 Å². The van der Waals surface area contributed by atoms with E-state index in [2.05, 4.69) is 10.3 Å². The van der Waals surface area contributed by atoms with Crippen LogP contribution < -0.4 is 14.8 Å². The van der Waals surface area contributed by atoms with Crippen molar-refractivity contribution in [2.24, 2.45) is 4.99 Å². The maximum absolute atomic E-state index is 13.4. The molecule has 36 heavy (non-hydrogen) atoms. The van der Waals surface area contributed by atoms with E-state index in [0.717, 1.165) is 30.7 Å². The summed E-state index contributed by atoms with van der Waals surface area (Å²) in [5.41, 5.74) is -2.66. The Labute approximate surface area is 207 Å². The second-order valence-corrected chi connectivity index (χ2v) is 8.68. The second kappa shape index (κ2) is 11.3. The molecular weight excluding hydrogens is 510 g/mol. The molecule has 0 fully saturated rings. The number of benzene rings is 2. The van der Waals surface area contributed by atoms with E-state index in [4.69, 9.17) is 9.47 Å². The van der Waals surface area contributed by atoms with Crippen LogP contribution in [-0.2, 0) is 19.0 Å². The quantitative estimate of drug-likeness (QED) is 0.285. The minimum atomic E-state index is -5.00. The van der Waals surface area contributed by atoms with Crippen molar-refractivity contribution in [3.8, 4) is 11.5 Å². The first-order valence-electron chi connectivity index (χ1n) is 10.8. The molecule has 1 amide bonds. The van der Waals surface area contributed by atoms with Crippen LogP contribution in [0.4, 0.5) is 31.1 Å². The van der Waals surface area contributed by atoms with Gasteiger partial charge in [-0.3, -0.25) is 4.79 Å². The molecule has 0 atom stereocenters. The molecule has 2 aromatic carbocycles. The Morgan fingerprint density at radius 1 is 1.03 bits per heavy atom. The first-order valence-corrected chi connectivity index (χ1v) is 11.6. The van der Waals surface area contributed by atoms with Crippen LogP contribution in [0.15, 0.2) is 46.3 Å². The summed E-state index contributed by atoms with van der Waals surface area (Å²) in [5.74, 6) is 0.745. The van der Waals surface area contributed by atoms with Crippen LogP contribution in [0.1, 0.15) is 42.0 Å². The summed E-state index contributed by atoms with van der Waals surface area (Å²) in [7, 11) is 1.34. The van der Waals surface area contributed by atoms with Gasteiger partial charge in [0.2, 0.25) is 0 Å². The zero-order valence-corrected chi connectivity index (χ0v) is 20.0. The maximum atomic E-state index is 13.4. The van der Waals surface area contributed by atoms with Crippen molar-refractivity contribution in [1.82, 2.24) is 5.32 Å². The van der Waals surface area contributed by atoms with Gasteiger partial charge in [-0.2, -0.15) is 31.3 Å². The topological polar surface area (TPSA) is 59.9 Å². The summed E-state index contributed by atoms with van der Waals surface area (Å²) in [6, 6.07) is 6.03. The molecule has 1 N–H and O–H groups in total. The number of alkyl halides is 6. The van der Waals surface area contributed by atoms with Crippen molar-refractivity contribution in [2.75, 3.05) is 13.7 Å². The number of amidine groups is 1. The first kappa shape index (κ1) is 27.4. The largest absolute Gasteiger partial charge is 0.493 e. The molecule has 0 saturated carbocycles. The Bertz CT molecular complexity index is 1180. The molecule has 0 bridgehead atoms. The highest BCUT2D eigenvalue weighted by Gasteiger charge is 2.38. The molecule has 0 aliphatic carbocycles. The minimum Gasteiger partial charge on any atom is -0.493 e. The van der Waals surface area contributed by atoms with Gasteiger partial charge in [-0.25, -0.2) is 0 Å². The number of nitrogens with zero attached hydrogens (tertiary/aromatic N) is 1. The zero-order chi connectivity index (χ0) is 26.5. The smallest absolute Gasteiger partial charge is 0.416 e. The van der Waals surface area contributed by atoms with Crippen LogP contribution >= 0.6 is 11.8 Å². The third kappa shape index (κ3) is 6.96. The highest BCUT2D eigenvalue weighted by atomic mass is 32.2. The summed E-state index contributed by atoms with van der Waals surface area (Å²) in [4.78, 5) is 16.3. The Morgan fingerprint density at radius 3 is 2.42 bits per heavy atom. The lowest BCUT2D eigenvalue weighted by molar-refractivity contribution is -0.143. The Hall–Kier alpha value is -3.15. The molecule has 1 heterocycles. The fourth-order valence-corrected chi connectivity index (χ4v) is 4.00. The molecule has 5 nitrogen and oxygen atoms in total. The van der Waals surface area contributed by atoms with Crippen molar-refractivity contribution in [3.63, 3.8) is 0 Å². The van der Waals surface area contributed by atoms with E-state index >= 15 is 0 Å².